The molecule has 0 fully saturated rings. The average Bonchev–Trinajstić information content (AvgIpc) is 3.20. The number of allylic oxidation sites excluding steroid dienone is 1. The molecule has 2 aromatic heterocycles. The number of pyridine rings is 1. The second-order valence-corrected chi connectivity index (χ2v) is 7.88. The molecule has 4 aromatic rings. The molecule has 32 heavy (non-hydrogen) atoms. The fourth-order valence-corrected chi connectivity index (χ4v) is 3.86. The number of aromatic nitrogens is 1. The molecule has 2 heterocycles. The number of hydrogen-bond donors (Lipinski definition) is 1. The number of rotatable bonds is 6. The van der Waals surface area contributed by atoms with Crippen molar-refractivity contribution in [2.45, 2.75) is 27.3 Å². The number of hydrogen-bond acceptors (Lipinski definition) is 4. The predicted molar refractivity (Wildman–Crippen MR) is 127 cm³/mol. The topological polar surface area (TPSA) is 64.4 Å². The Morgan fingerprint density at radius 3 is 2.69 bits per heavy atom. The second kappa shape index (κ2) is 9.10. The maximum atomic E-state index is 12.5. The fourth-order valence-electron chi connectivity index (χ4n) is 3.86. The molecule has 162 valence electrons. The van der Waals surface area contributed by atoms with Crippen LogP contribution in [0.4, 0.5) is 0 Å². The molecule has 0 aliphatic carbocycles. The number of ether oxygens (including phenoxy) is 1. The first kappa shape index (κ1) is 21.4. The molecule has 5 heteroatoms. The van der Waals surface area contributed by atoms with Gasteiger partial charge in [-0.05, 0) is 55.7 Å². The Bertz CT molecular complexity index is 1300. The van der Waals surface area contributed by atoms with E-state index in [0.29, 0.717) is 12.3 Å². The van der Waals surface area contributed by atoms with Crippen molar-refractivity contribution in [3.05, 3.63) is 89.5 Å². The lowest BCUT2D eigenvalue weighted by atomic mass is 9.96. The first-order valence-electron chi connectivity index (χ1n) is 10.5. The van der Waals surface area contributed by atoms with Gasteiger partial charge in [-0.2, -0.15) is 0 Å². The highest BCUT2D eigenvalue weighted by Crippen LogP contribution is 2.38. The maximum Gasteiger partial charge on any atom is 0.244 e. The number of nitrogens with zero attached hydrogens (tertiary/aromatic N) is 1. The van der Waals surface area contributed by atoms with Crippen LogP contribution in [0.15, 0.2) is 71.5 Å². The lowest BCUT2D eigenvalue weighted by Gasteiger charge is -2.11. The van der Waals surface area contributed by atoms with Crippen molar-refractivity contribution in [3.8, 4) is 16.9 Å². The number of carbonyl (C=O) groups is 1. The van der Waals surface area contributed by atoms with Crippen LogP contribution in [0.25, 0.3) is 27.7 Å². The number of nitrogens with one attached hydrogen (secondary N) is 1. The zero-order chi connectivity index (χ0) is 22.7. The maximum absolute atomic E-state index is 12.5. The summed E-state index contributed by atoms with van der Waals surface area (Å²) < 4.78 is 11.4. The summed E-state index contributed by atoms with van der Waals surface area (Å²) >= 11 is 0. The molecule has 0 spiro atoms. The number of benzene rings is 2. The van der Waals surface area contributed by atoms with Gasteiger partial charge in [0.2, 0.25) is 5.91 Å². The Morgan fingerprint density at radius 1 is 1.12 bits per heavy atom. The third kappa shape index (κ3) is 4.42. The second-order valence-electron chi connectivity index (χ2n) is 7.88. The lowest BCUT2D eigenvalue weighted by Crippen LogP contribution is -2.21. The molecule has 0 saturated carbocycles. The van der Waals surface area contributed by atoms with Crippen LogP contribution in [-0.4, -0.2) is 18.0 Å². The quantitative estimate of drug-likeness (QED) is 0.393. The van der Waals surface area contributed by atoms with Gasteiger partial charge in [0.25, 0.3) is 0 Å². The van der Waals surface area contributed by atoms with Crippen LogP contribution in [-0.2, 0) is 11.3 Å². The summed E-state index contributed by atoms with van der Waals surface area (Å²) in [5.41, 5.74) is 7.75. The van der Waals surface area contributed by atoms with Crippen LogP contribution in [0, 0.1) is 13.8 Å². The molecule has 1 N–H and O–H groups in total. The van der Waals surface area contributed by atoms with E-state index in [-0.39, 0.29) is 5.91 Å². The van der Waals surface area contributed by atoms with Crippen LogP contribution in [0.5, 0.6) is 5.75 Å². The highest BCUT2D eigenvalue weighted by molar-refractivity contribution is 6.00. The van der Waals surface area contributed by atoms with Gasteiger partial charge < -0.3 is 14.5 Å². The van der Waals surface area contributed by atoms with Gasteiger partial charge >= 0.3 is 0 Å². The minimum absolute atomic E-state index is 0.183. The van der Waals surface area contributed by atoms with Crippen LogP contribution in [0.2, 0.25) is 0 Å². The molecular formula is C27H26N2O3. The monoisotopic (exact) mass is 426 g/mol. The summed E-state index contributed by atoms with van der Waals surface area (Å²) in [6.07, 6.45) is 5.08. The molecule has 4 rings (SSSR count). The van der Waals surface area contributed by atoms with E-state index < -0.39 is 0 Å². The van der Waals surface area contributed by atoms with Gasteiger partial charge in [-0.1, -0.05) is 29.8 Å². The van der Waals surface area contributed by atoms with E-state index in [2.05, 4.69) is 42.3 Å². The summed E-state index contributed by atoms with van der Waals surface area (Å²) in [5, 5.41) is 3.86. The molecule has 0 radical (unpaired) electrons. The van der Waals surface area contributed by atoms with Gasteiger partial charge in [0.05, 0.1) is 25.6 Å². The lowest BCUT2D eigenvalue weighted by molar-refractivity contribution is -0.116. The Morgan fingerprint density at radius 2 is 1.97 bits per heavy atom. The number of carbonyl (C=O) groups excluding carboxylic acids is 1. The van der Waals surface area contributed by atoms with Crippen molar-refractivity contribution in [2.75, 3.05) is 7.11 Å². The third-order valence-corrected chi connectivity index (χ3v) is 5.51. The van der Waals surface area contributed by atoms with Crippen LogP contribution >= 0.6 is 0 Å². The molecule has 2 aromatic carbocycles. The van der Waals surface area contributed by atoms with Gasteiger partial charge in [-0.25, -0.2) is 0 Å². The number of methoxy groups -OCH3 is 1. The van der Waals surface area contributed by atoms with E-state index >= 15 is 0 Å². The standard InChI is InChI=1S/C27H26N2O3/c1-17-8-9-21(18(2)11-17)24-16-32-26-14-25(31-4)22(13-23(24)26)19(3)12-27(30)29-15-20-7-5-6-10-28-20/h5-14,16H,15H2,1-4H3,(H,29,30)/b19-12+. The van der Waals surface area contributed by atoms with E-state index in [9.17, 15) is 4.79 Å². The summed E-state index contributed by atoms with van der Waals surface area (Å²) in [6, 6.07) is 15.9. The van der Waals surface area contributed by atoms with Crippen molar-refractivity contribution in [2.24, 2.45) is 0 Å². The zero-order valence-electron chi connectivity index (χ0n) is 18.7. The van der Waals surface area contributed by atoms with Gasteiger partial charge in [-0.3, -0.25) is 9.78 Å². The van der Waals surface area contributed by atoms with Crippen molar-refractivity contribution >= 4 is 22.4 Å². The fraction of sp³-hybridized carbons (Fsp3) is 0.185. The molecular weight excluding hydrogens is 400 g/mol. The van der Waals surface area contributed by atoms with E-state index in [1.54, 1.807) is 25.6 Å². The first-order valence-corrected chi connectivity index (χ1v) is 10.5. The molecule has 1 amide bonds. The summed E-state index contributed by atoms with van der Waals surface area (Å²) in [7, 11) is 1.62. The smallest absolute Gasteiger partial charge is 0.244 e. The molecule has 0 aliphatic heterocycles. The molecule has 5 nitrogen and oxygen atoms in total. The molecule has 0 saturated heterocycles. The summed E-state index contributed by atoms with van der Waals surface area (Å²) in [5.74, 6) is 0.474. The van der Waals surface area contributed by atoms with Crippen LogP contribution < -0.4 is 10.1 Å². The summed E-state index contributed by atoms with van der Waals surface area (Å²) in [4.78, 5) is 16.7. The number of amides is 1. The largest absolute Gasteiger partial charge is 0.496 e. The van der Waals surface area contributed by atoms with Crippen LogP contribution in [0.1, 0.15) is 29.3 Å². The first-order chi connectivity index (χ1) is 15.5. The zero-order valence-corrected chi connectivity index (χ0v) is 18.7. The van der Waals surface area contributed by atoms with E-state index in [0.717, 1.165) is 38.9 Å². The average molecular weight is 427 g/mol. The minimum Gasteiger partial charge on any atom is -0.496 e. The Hall–Kier alpha value is -3.86. The van der Waals surface area contributed by atoms with Gasteiger partial charge in [0, 0.05) is 34.9 Å². The molecule has 0 atom stereocenters. The normalized spacial score (nSPS) is 11.6. The highest BCUT2D eigenvalue weighted by atomic mass is 16.5. The van der Waals surface area contributed by atoms with E-state index in [1.807, 2.05) is 37.3 Å². The number of aryl methyl sites for hydroxylation is 2. The van der Waals surface area contributed by atoms with Crippen molar-refractivity contribution < 1.29 is 13.9 Å². The number of fused-ring (bicyclic) bond motifs is 1. The SMILES string of the molecule is COc1cc2occ(-c3ccc(C)cc3C)c2cc1/C(C)=C/C(=O)NCc1ccccn1. The highest BCUT2D eigenvalue weighted by Gasteiger charge is 2.16. The van der Waals surface area contributed by atoms with Crippen LogP contribution in [0.3, 0.4) is 0 Å². The van der Waals surface area contributed by atoms with Gasteiger partial charge in [0.1, 0.15) is 11.3 Å². The van der Waals surface area contributed by atoms with Crippen molar-refractivity contribution in [3.63, 3.8) is 0 Å². The van der Waals surface area contributed by atoms with E-state index in [4.69, 9.17) is 9.15 Å². The Balaban J connectivity index is 1.67. The third-order valence-electron chi connectivity index (χ3n) is 5.51. The van der Waals surface area contributed by atoms with Crippen molar-refractivity contribution in [1.82, 2.24) is 10.3 Å². The van der Waals surface area contributed by atoms with Gasteiger partial charge in [-0.15, -0.1) is 0 Å². The molecule has 0 bridgehead atoms. The van der Waals surface area contributed by atoms with E-state index in [1.165, 1.54) is 11.1 Å². The Labute approximate surface area is 187 Å². The molecule has 0 unspecified atom stereocenters. The minimum atomic E-state index is -0.183. The van der Waals surface area contributed by atoms with Crippen molar-refractivity contribution in [1.29, 1.82) is 0 Å². The summed E-state index contributed by atoms with van der Waals surface area (Å²) in [6.45, 7) is 6.46. The predicted octanol–water partition coefficient (Wildman–Crippen LogP) is 5.84. The number of furan rings is 1. The molecule has 0 aliphatic rings. The van der Waals surface area contributed by atoms with Gasteiger partial charge in [0.15, 0.2) is 0 Å². The Kier molecular flexibility index (Phi) is 6.08.